The highest BCUT2D eigenvalue weighted by molar-refractivity contribution is 7.72. The fourth-order valence-corrected chi connectivity index (χ4v) is 4.05. The minimum absolute atomic E-state index is 0.116. The standard InChI is InChI=1S/C11H12N2OS3/c1-11(2)3-5-6(4-14-11)17-9-7(5)8(15)12-10(16)13-9/h3-4H2,1-2H3,(H2,12,13,15,16). The maximum Gasteiger partial charge on any atom is 0.176 e. The number of aromatic nitrogens is 2. The smallest absolute Gasteiger partial charge is 0.176 e. The number of thiophene rings is 1. The molecule has 0 bridgehead atoms. The quantitative estimate of drug-likeness (QED) is 0.722. The second kappa shape index (κ2) is 3.71. The average molecular weight is 284 g/mol. The lowest BCUT2D eigenvalue weighted by Crippen LogP contribution is -2.30. The van der Waals surface area contributed by atoms with Gasteiger partial charge in [-0.2, -0.15) is 0 Å². The molecule has 0 saturated heterocycles. The van der Waals surface area contributed by atoms with Crippen molar-refractivity contribution in [3.8, 4) is 0 Å². The number of H-pyrrole nitrogens is 2. The molecule has 0 saturated carbocycles. The monoisotopic (exact) mass is 284 g/mol. The first-order valence-corrected chi connectivity index (χ1v) is 7.00. The molecule has 2 aromatic rings. The zero-order valence-electron chi connectivity index (χ0n) is 9.55. The van der Waals surface area contributed by atoms with Gasteiger partial charge in [0.1, 0.15) is 9.47 Å². The number of nitrogens with one attached hydrogen (secondary N) is 2. The third-order valence-electron chi connectivity index (χ3n) is 2.97. The van der Waals surface area contributed by atoms with Crippen molar-refractivity contribution in [2.75, 3.05) is 0 Å². The van der Waals surface area contributed by atoms with Crippen LogP contribution in [0.2, 0.25) is 0 Å². The Bertz CT molecular complexity index is 708. The van der Waals surface area contributed by atoms with Crippen LogP contribution in [0.1, 0.15) is 24.3 Å². The fourth-order valence-electron chi connectivity index (χ4n) is 2.18. The molecule has 1 aliphatic rings. The van der Waals surface area contributed by atoms with Crippen LogP contribution in [-0.4, -0.2) is 15.6 Å². The molecule has 0 aliphatic carbocycles. The molecule has 0 unspecified atom stereocenters. The molecule has 0 radical (unpaired) electrons. The summed E-state index contributed by atoms with van der Waals surface area (Å²) in [5.41, 5.74) is 1.20. The van der Waals surface area contributed by atoms with E-state index in [1.807, 2.05) is 0 Å². The summed E-state index contributed by atoms with van der Waals surface area (Å²) in [5, 5.41) is 1.12. The van der Waals surface area contributed by atoms with Crippen molar-refractivity contribution >= 4 is 46.0 Å². The highest BCUT2D eigenvalue weighted by Crippen LogP contribution is 2.38. The van der Waals surface area contributed by atoms with E-state index in [2.05, 4.69) is 23.8 Å². The Morgan fingerprint density at radius 2 is 2.06 bits per heavy atom. The van der Waals surface area contributed by atoms with Crippen LogP contribution in [0.3, 0.4) is 0 Å². The first kappa shape index (κ1) is 11.5. The van der Waals surface area contributed by atoms with Crippen LogP contribution in [-0.2, 0) is 17.8 Å². The van der Waals surface area contributed by atoms with Crippen molar-refractivity contribution in [2.24, 2.45) is 0 Å². The topological polar surface area (TPSA) is 40.8 Å². The van der Waals surface area contributed by atoms with E-state index in [4.69, 9.17) is 29.2 Å². The molecule has 0 spiro atoms. The summed E-state index contributed by atoms with van der Waals surface area (Å²) < 4.78 is 7.14. The van der Waals surface area contributed by atoms with Crippen LogP contribution < -0.4 is 0 Å². The first-order valence-electron chi connectivity index (χ1n) is 5.37. The van der Waals surface area contributed by atoms with Gasteiger partial charge in [0.25, 0.3) is 0 Å². The van der Waals surface area contributed by atoms with Gasteiger partial charge in [-0.25, -0.2) is 0 Å². The number of fused-ring (bicyclic) bond motifs is 3. The van der Waals surface area contributed by atoms with Gasteiger partial charge in [0, 0.05) is 16.7 Å². The molecule has 1 aliphatic heterocycles. The summed E-state index contributed by atoms with van der Waals surface area (Å²) in [6.07, 6.45) is 0.893. The van der Waals surface area contributed by atoms with Crippen LogP contribution in [0, 0.1) is 9.41 Å². The maximum absolute atomic E-state index is 5.82. The Morgan fingerprint density at radius 3 is 2.82 bits per heavy atom. The van der Waals surface area contributed by atoms with Crippen molar-refractivity contribution in [1.29, 1.82) is 0 Å². The Hall–Kier alpha value is -0.560. The van der Waals surface area contributed by atoms with E-state index in [0.717, 1.165) is 21.3 Å². The third kappa shape index (κ3) is 1.89. The Kier molecular flexibility index (Phi) is 2.52. The predicted octanol–water partition coefficient (Wildman–Crippen LogP) is 3.87. The first-order chi connectivity index (χ1) is 7.96. The van der Waals surface area contributed by atoms with E-state index in [0.29, 0.717) is 11.4 Å². The van der Waals surface area contributed by atoms with E-state index in [1.54, 1.807) is 11.3 Å². The number of hydrogen-bond acceptors (Lipinski definition) is 4. The molecule has 6 heteroatoms. The van der Waals surface area contributed by atoms with Gasteiger partial charge in [-0.1, -0.05) is 12.2 Å². The minimum Gasteiger partial charge on any atom is -0.370 e. The second-order valence-electron chi connectivity index (χ2n) is 4.84. The van der Waals surface area contributed by atoms with Crippen LogP contribution in [0.15, 0.2) is 0 Å². The molecule has 3 rings (SSSR count). The van der Waals surface area contributed by atoms with Crippen molar-refractivity contribution in [1.82, 2.24) is 9.97 Å². The van der Waals surface area contributed by atoms with Gasteiger partial charge in [0.15, 0.2) is 4.77 Å². The number of ether oxygens (including phenoxy) is 1. The van der Waals surface area contributed by atoms with Gasteiger partial charge in [-0.3, -0.25) is 0 Å². The zero-order chi connectivity index (χ0) is 12.2. The number of rotatable bonds is 0. The highest BCUT2D eigenvalue weighted by Gasteiger charge is 2.29. The molecular formula is C11H12N2OS3. The number of hydrogen-bond donors (Lipinski definition) is 2. The van der Waals surface area contributed by atoms with E-state index < -0.39 is 0 Å². The summed E-state index contributed by atoms with van der Waals surface area (Å²) >= 11 is 12.2. The molecule has 0 amide bonds. The average Bonchev–Trinajstić information content (AvgIpc) is 2.53. The summed E-state index contributed by atoms with van der Waals surface area (Å²) in [6, 6.07) is 0. The van der Waals surface area contributed by atoms with E-state index in [-0.39, 0.29) is 5.60 Å². The lowest BCUT2D eigenvalue weighted by molar-refractivity contribution is -0.0379. The van der Waals surface area contributed by atoms with Crippen LogP contribution >= 0.6 is 35.8 Å². The van der Waals surface area contributed by atoms with Gasteiger partial charge in [0.05, 0.1) is 12.2 Å². The van der Waals surface area contributed by atoms with Crippen molar-refractivity contribution in [3.63, 3.8) is 0 Å². The Morgan fingerprint density at radius 1 is 1.29 bits per heavy atom. The van der Waals surface area contributed by atoms with Crippen molar-refractivity contribution in [3.05, 3.63) is 19.9 Å². The third-order valence-corrected chi connectivity index (χ3v) is 4.60. The van der Waals surface area contributed by atoms with E-state index in [9.17, 15) is 0 Å². The summed E-state index contributed by atoms with van der Waals surface area (Å²) in [6.45, 7) is 4.88. The second-order valence-corrected chi connectivity index (χ2v) is 6.76. The van der Waals surface area contributed by atoms with Gasteiger partial charge in [-0.15, -0.1) is 11.3 Å². The molecule has 17 heavy (non-hydrogen) atoms. The molecule has 0 aromatic carbocycles. The normalized spacial score (nSPS) is 18.2. The zero-order valence-corrected chi connectivity index (χ0v) is 12.0. The van der Waals surface area contributed by atoms with Gasteiger partial charge in [-0.05, 0) is 31.6 Å². The molecule has 3 heterocycles. The van der Waals surface area contributed by atoms with E-state index >= 15 is 0 Å². The lowest BCUT2D eigenvalue weighted by atomic mass is 9.95. The molecule has 90 valence electrons. The van der Waals surface area contributed by atoms with Gasteiger partial charge in [0.2, 0.25) is 0 Å². The Labute approximate surface area is 113 Å². The SMILES string of the molecule is CC1(C)Cc2c(sc3[nH]c(=S)[nH]c(=S)c23)CO1. The van der Waals surface area contributed by atoms with Gasteiger partial charge < -0.3 is 14.7 Å². The largest absolute Gasteiger partial charge is 0.370 e. The van der Waals surface area contributed by atoms with Crippen LogP contribution in [0.25, 0.3) is 10.2 Å². The minimum atomic E-state index is -0.116. The van der Waals surface area contributed by atoms with Crippen molar-refractivity contribution < 1.29 is 4.74 Å². The van der Waals surface area contributed by atoms with Crippen molar-refractivity contribution in [2.45, 2.75) is 32.5 Å². The summed E-state index contributed by atoms with van der Waals surface area (Å²) in [5.74, 6) is 0. The van der Waals surface area contributed by atoms with Gasteiger partial charge >= 0.3 is 0 Å². The molecule has 3 nitrogen and oxygen atoms in total. The highest BCUT2D eigenvalue weighted by atomic mass is 32.1. The maximum atomic E-state index is 5.82. The fraction of sp³-hybridized carbons (Fsp3) is 0.455. The lowest BCUT2D eigenvalue weighted by Gasteiger charge is -2.30. The predicted molar refractivity (Wildman–Crippen MR) is 74.8 cm³/mol. The van der Waals surface area contributed by atoms with Crippen LogP contribution in [0.4, 0.5) is 0 Å². The molecule has 2 aromatic heterocycles. The molecular weight excluding hydrogens is 272 g/mol. The summed E-state index contributed by atoms with van der Waals surface area (Å²) in [4.78, 5) is 8.51. The molecule has 0 atom stereocenters. The van der Waals surface area contributed by atoms with Crippen LogP contribution in [0.5, 0.6) is 0 Å². The summed E-state index contributed by atoms with van der Waals surface area (Å²) in [7, 11) is 0. The van der Waals surface area contributed by atoms with E-state index in [1.165, 1.54) is 10.4 Å². The molecule has 0 fully saturated rings. The molecule has 2 N–H and O–H groups in total. The number of aromatic amines is 2. The Balaban J connectivity index is 2.36.